The maximum atomic E-state index is 13.3. The smallest absolute Gasteiger partial charge is 0.326 e. The minimum absolute atomic E-state index is 0.135. The monoisotopic (exact) mass is 588 g/mol. The van der Waals surface area contributed by atoms with Gasteiger partial charge in [0.2, 0.25) is 0 Å². The van der Waals surface area contributed by atoms with E-state index in [1.165, 1.54) is 18.2 Å². The molecule has 2 aromatic carbocycles. The number of rotatable bonds is 14. The van der Waals surface area contributed by atoms with E-state index in [-0.39, 0.29) is 17.7 Å². The molecule has 0 spiro atoms. The van der Waals surface area contributed by atoms with E-state index in [1.807, 2.05) is 56.5 Å². The van der Waals surface area contributed by atoms with E-state index in [2.05, 4.69) is 10.6 Å². The van der Waals surface area contributed by atoms with Crippen LogP contribution in [0.2, 0.25) is 0 Å². The number of carboxylic acid groups (broad SMARTS) is 1. The first kappa shape index (κ1) is 32.2. The quantitative estimate of drug-likeness (QED) is 0.269. The Morgan fingerprint density at radius 3 is 2.40 bits per heavy atom. The topological polar surface area (TPSA) is 113 Å². The molecule has 2 aromatic rings. The highest BCUT2D eigenvalue weighted by Crippen LogP contribution is 2.33. The molecule has 40 heavy (non-hydrogen) atoms. The number of sulfone groups is 1. The van der Waals surface area contributed by atoms with Crippen LogP contribution in [0.3, 0.4) is 0 Å². The van der Waals surface area contributed by atoms with Crippen molar-refractivity contribution in [1.82, 2.24) is 10.6 Å². The Morgan fingerprint density at radius 1 is 1.07 bits per heavy atom. The van der Waals surface area contributed by atoms with Gasteiger partial charge in [-0.25, -0.2) is 13.2 Å². The Morgan fingerprint density at radius 2 is 1.77 bits per heavy atom. The minimum Gasteiger partial charge on any atom is -0.480 e. The molecule has 1 amide bonds. The molecule has 0 radical (unpaired) electrons. The van der Waals surface area contributed by atoms with Crippen LogP contribution in [0.15, 0.2) is 42.5 Å². The van der Waals surface area contributed by atoms with Crippen LogP contribution in [0.1, 0.15) is 73.9 Å². The van der Waals surface area contributed by atoms with Gasteiger partial charge in [0.15, 0.2) is 9.84 Å². The number of hydrogen-bond donors (Lipinski definition) is 3. The highest BCUT2D eigenvalue weighted by molar-refractivity contribution is 7.98. The lowest BCUT2D eigenvalue weighted by atomic mass is 9.84. The van der Waals surface area contributed by atoms with Crippen LogP contribution >= 0.6 is 11.8 Å². The van der Waals surface area contributed by atoms with Gasteiger partial charge >= 0.3 is 5.97 Å². The molecule has 3 N–H and O–H groups in total. The summed E-state index contributed by atoms with van der Waals surface area (Å²) >= 11 is 1.54. The number of aryl methyl sites for hydroxylation is 1. The predicted molar refractivity (Wildman–Crippen MR) is 165 cm³/mol. The fraction of sp³-hybridized carbons (Fsp3) is 0.548. The Hall–Kier alpha value is -2.36. The number of nitrogens with one attached hydrogen (secondary N) is 2. The van der Waals surface area contributed by atoms with E-state index < -0.39 is 33.0 Å². The number of thioether (sulfide) groups is 1. The molecule has 0 heterocycles. The summed E-state index contributed by atoms with van der Waals surface area (Å²) in [5, 5.41) is 15.4. The van der Waals surface area contributed by atoms with Crippen molar-refractivity contribution < 1.29 is 23.1 Å². The molecule has 220 valence electrons. The number of carboxylic acids is 1. The Kier molecular flexibility index (Phi) is 12.1. The van der Waals surface area contributed by atoms with Gasteiger partial charge in [-0.3, -0.25) is 4.79 Å². The largest absolute Gasteiger partial charge is 0.480 e. The summed E-state index contributed by atoms with van der Waals surface area (Å²) in [5.74, 6) is -0.547. The van der Waals surface area contributed by atoms with Crippen LogP contribution in [0.25, 0.3) is 11.1 Å². The zero-order chi connectivity index (χ0) is 29.3. The fourth-order valence-corrected chi connectivity index (χ4v) is 8.22. The average molecular weight is 589 g/mol. The second-order valence-electron chi connectivity index (χ2n) is 10.8. The van der Waals surface area contributed by atoms with Crippen LogP contribution in [0.4, 0.5) is 0 Å². The van der Waals surface area contributed by atoms with Crippen molar-refractivity contribution in [1.29, 1.82) is 0 Å². The highest BCUT2D eigenvalue weighted by Gasteiger charge is 2.37. The van der Waals surface area contributed by atoms with E-state index in [0.717, 1.165) is 47.9 Å². The van der Waals surface area contributed by atoms with Crippen molar-refractivity contribution >= 4 is 33.5 Å². The third kappa shape index (κ3) is 8.33. The third-order valence-corrected chi connectivity index (χ3v) is 11.1. The Balaban J connectivity index is 1.88. The number of carbonyl (C=O) groups is 2. The summed E-state index contributed by atoms with van der Waals surface area (Å²) in [7, 11) is -3.23. The lowest BCUT2D eigenvalue weighted by molar-refractivity contribution is -0.139. The first-order valence-corrected chi connectivity index (χ1v) is 17.4. The van der Waals surface area contributed by atoms with Crippen LogP contribution in [-0.4, -0.2) is 60.5 Å². The maximum Gasteiger partial charge on any atom is 0.326 e. The fourth-order valence-electron chi connectivity index (χ4n) is 5.79. The van der Waals surface area contributed by atoms with Crippen molar-refractivity contribution in [2.24, 2.45) is 5.92 Å². The van der Waals surface area contributed by atoms with E-state index in [1.54, 1.807) is 13.0 Å². The van der Waals surface area contributed by atoms with Crippen LogP contribution < -0.4 is 10.6 Å². The zero-order valence-corrected chi connectivity index (χ0v) is 25.7. The van der Waals surface area contributed by atoms with Gasteiger partial charge in [-0.2, -0.15) is 11.8 Å². The third-order valence-electron chi connectivity index (χ3n) is 8.03. The number of aliphatic carboxylic acids is 1. The second-order valence-corrected chi connectivity index (χ2v) is 14.3. The number of benzene rings is 2. The van der Waals surface area contributed by atoms with Gasteiger partial charge in [0.05, 0.1) is 5.25 Å². The number of hydrogen-bond acceptors (Lipinski definition) is 6. The molecule has 2 unspecified atom stereocenters. The molecule has 1 fully saturated rings. The number of amides is 1. The van der Waals surface area contributed by atoms with Gasteiger partial charge in [-0.05, 0) is 85.4 Å². The summed E-state index contributed by atoms with van der Waals surface area (Å²) < 4.78 is 26.2. The summed E-state index contributed by atoms with van der Waals surface area (Å²) in [4.78, 5) is 25.1. The standard InChI is InChI=1S/C31H44N2O5S2/c1-5-40(37,38)29(24-12-7-6-8-13-24)22(3)32-20-23-15-16-26(27(19-23)25-14-10-9-11-21(25)2)30(34)33-28(31(35)36)17-18-39-4/h9-11,14-16,19,22,24,28-29,32H,5-8,12-13,17-18,20H2,1-4H3,(H,33,34)(H,35,36)/t22?,28-,29?/m0/s1. The van der Waals surface area contributed by atoms with E-state index >= 15 is 0 Å². The van der Waals surface area contributed by atoms with Crippen LogP contribution in [0.5, 0.6) is 0 Å². The minimum atomic E-state index is -3.23. The molecule has 1 aliphatic rings. The van der Waals surface area contributed by atoms with E-state index in [9.17, 15) is 23.1 Å². The molecule has 1 saturated carbocycles. The van der Waals surface area contributed by atoms with Gasteiger partial charge in [0.1, 0.15) is 6.04 Å². The van der Waals surface area contributed by atoms with E-state index in [4.69, 9.17) is 0 Å². The highest BCUT2D eigenvalue weighted by atomic mass is 32.2. The normalized spacial score (nSPS) is 16.7. The molecule has 0 aliphatic heterocycles. The zero-order valence-electron chi connectivity index (χ0n) is 24.1. The summed E-state index contributed by atoms with van der Waals surface area (Å²) in [5.41, 5.74) is 3.96. The second kappa shape index (κ2) is 15.0. The van der Waals surface area contributed by atoms with Crippen LogP contribution in [-0.2, 0) is 21.2 Å². The first-order chi connectivity index (χ1) is 19.1. The molecule has 0 saturated heterocycles. The van der Waals surface area contributed by atoms with Gasteiger partial charge < -0.3 is 15.7 Å². The SMILES string of the molecule is CCS(=O)(=O)C(C1CCCCC1)C(C)NCc1ccc(C(=O)N[C@@H](CCSC)C(=O)O)c(-c2ccccc2C)c1. The molecular formula is C31H44N2O5S2. The lowest BCUT2D eigenvalue weighted by Crippen LogP contribution is -2.47. The predicted octanol–water partition coefficient (Wildman–Crippen LogP) is 5.46. The summed E-state index contributed by atoms with van der Waals surface area (Å²) in [6.45, 7) is 6.13. The molecular weight excluding hydrogens is 544 g/mol. The van der Waals surface area contributed by atoms with Gasteiger partial charge in [-0.15, -0.1) is 0 Å². The summed E-state index contributed by atoms with van der Waals surface area (Å²) in [6.07, 6.45) is 7.47. The molecule has 7 nitrogen and oxygen atoms in total. The molecule has 0 aromatic heterocycles. The van der Waals surface area contributed by atoms with Crippen molar-refractivity contribution in [2.45, 2.75) is 83.2 Å². The first-order valence-electron chi connectivity index (χ1n) is 14.3. The lowest BCUT2D eigenvalue weighted by Gasteiger charge is -2.34. The Labute approximate surface area is 243 Å². The van der Waals surface area contributed by atoms with E-state index in [0.29, 0.717) is 24.3 Å². The van der Waals surface area contributed by atoms with Gasteiger partial charge in [0, 0.05) is 23.9 Å². The van der Waals surface area contributed by atoms with Gasteiger partial charge in [0.25, 0.3) is 5.91 Å². The Bertz CT molecular complexity index is 1260. The average Bonchev–Trinajstić information content (AvgIpc) is 2.94. The van der Waals surface area contributed by atoms with Crippen molar-refractivity contribution in [2.75, 3.05) is 17.8 Å². The van der Waals surface area contributed by atoms with Crippen LogP contribution in [0, 0.1) is 12.8 Å². The van der Waals surface area contributed by atoms with Crippen molar-refractivity contribution in [3.63, 3.8) is 0 Å². The molecule has 0 bridgehead atoms. The maximum absolute atomic E-state index is 13.3. The molecule has 1 aliphatic carbocycles. The molecule has 3 rings (SSSR count). The van der Waals surface area contributed by atoms with Crippen molar-refractivity contribution in [3.05, 3.63) is 59.2 Å². The molecule has 3 atom stereocenters. The van der Waals surface area contributed by atoms with Gasteiger partial charge in [-0.1, -0.05) is 56.5 Å². The molecule has 9 heteroatoms. The summed E-state index contributed by atoms with van der Waals surface area (Å²) in [6, 6.07) is 12.2. The number of carbonyl (C=O) groups excluding carboxylic acids is 1. The van der Waals surface area contributed by atoms with Crippen molar-refractivity contribution in [3.8, 4) is 11.1 Å².